The van der Waals surface area contributed by atoms with Crippen LogP contribution in [0.2, 0.25) is 0 Å². The van der Waals surface area contributed by atoms with Crippen LogP contribution in [0.3, 0.4) is 0 Å². The molecule has 39 heavy (non-hydrogen) atoms. The van der Waals surface area contributed by atoms with Gasteiger partial charge in [0.05, 0.1) is 24.0 Å². The van der Waals surface area contributed by atoms with Gasteiger partial charge in [0.25, 0.3) is 0 Å². The first-order valence-corrected chi connectivity index (χ1v) is 14.2. The molecule has 9 nitrogen and oxygen atoms in total. The van der Waals surface area contributed by atoms with E-state index in [1.165, 1.54) is 18.6 Å². The van der Waals surface area contributed by atoms with Gasteiger partial charge in [-0.3, -0.25) is 4.98 Å². The van der Waals surface area contributed by atoms with Crippen LogP contribution in [-0.2, 0) is 23.0 Å². The Morgan fingerprint density at radius 2 is 1.85 bits per heavy atom. The molecule has 0 radical (unpaired) electrons. The number of anilines is 2. The molecule has 200 valence electrons. The van der Waals surface area contributed by atoms with E-state index in [1.54, 1.807) is 36.5 Å². The van der Waals surface area contributed by atoms with Crippen LogP contribution in [-0.4, -0.2) is 41.9 Å². The van der Waals surface area contributed by atoms with Crippen LogP contribution < -0.4 is 15.4 Å². The van der Waals surface area contributed by atoms with Crippen molar-refractivity contribution in [1.82, 2.24) is 20.3 Å². The predicted octanol–water partition coefficient (Wildman–Crippen LogP) is 4.88. The van der Waals surface area contributed by atoms with E-state index in [-0.39, 0.29) is 18.1 Å². The summed E-state index contributed by atoms with van der Waals surface area (Å²) in [6.07, 6.45) is 4.23. The van der Waals surface area contributed by atoms with E-state index in [9.17, 15) is 12.8 Å². The number of aromatic nitrogens is 3. The first-order chi connectivity index (χ1) is 18.8. The molecule has 5 rings (SSSR count). The van der Waals surface area contributed by atoms with Crippen molar-refractivity contribution < 1.29 is 22.0 Å². The van der Waals surface area contributed by atoms with Crippen LogP contribution in [0, 0.1) is 5.82 Å². The largest absolute Gasteiger partial charge is 0.486 e. The van der Waals surface area contributed by atoms with Gasteiger partial charge in [0.15, 0.2) is 17.3 Å². The lowest BCUT2D eigenvalue weighted by molar-refractivity contribution is 0.290. The summed E-state index contributed by atoms with van der Waals surface area (Å²) in [6, 6.07) is 19.6. The van der Waals surface area contributed by atoms with Crippen molar-refractivity contribution in [2.45, 2.75) is 13.2 Å². The van der Waals surface area contributed by atoms with E-state index in [4.69, 9.17) is 9.15 Å². The molecule has 2 aromatic carbocycles. The van der Waals surface area contributed by atoms with Crippen molar-refractivity contribution in [2.75, 3.05) is 23.9 Å². The molecular formula is C28H26FN5O4S. The van der Waals surface area contributed by atoms with Crippen molar-refractivity contribution in [3.8, 4) is 17.2 Å². The van der Waals surface area contributed by atoms with Crippen LogP contribution in [0.1, 0.15) is 11.3 Å². The molecule has 11 heteroatoms. The number of halogens is 1. The Balaban J connectivity index is 1.30. The van der Waals surface area contributed by atoms with Gasteiger partial charge in [-0.1, -0.05) is 30.3 Å². The summed E-state index contributed by atoms with van der Waals surface area (Å²) in [6.45, 7) is 0.980. The fourth-order valence-corrected chi connectivity index (χ4v) is 4.36. The summed E-state index contributed by atoms with van der Waals surface area (Å²) in [7, 11) is -3.03. The number of hydrogen-bond donors (Lipinski definition) is 2. The third-order valence-corrected chi connectivity index (χ3v) is 6.76. The predicted molar refractivity (Wildman–Crippen MR) is 147 cm³/mol. The maximum atomic E-state index is 14.8. The maximum absolute atomic E-state index is 14.8. The van der Waals surface area contributed by atoms with Gasteiger partial charge in [-0.15, -0.1) is 0 Å². The third-order valence-electron chi connectivity index (χ3n) is 5.82. The SMILES string of the molecule is CS(=O)(=O)CCNCc1ccc(-c2cc3c(Nc4ccc(OCc5ccccc5)c(F)c4)ncnc3cn2)o1. The van der Waals surface area contributed by atoms with Gasteiger partial charge in [-0.25, -0.2) is 22.8 Å². The van der Waals surface area contributed by atoms with Gasteiger partial charge in [0.2, 0.25) is 0 Å². The normalized spacial score (nSPS) is 11.5. The standard InChI is InChI=1S/C28H26FN5O4S/c1-39(35,36)12-11-30-15-21-8-10-27(38-21)24-14-22-25(16-31-24)32-18-33-28(22)34-20-7-9-26(23(29)13-20)37-17-19-5-3-2-4-6-19/h2-10,13-14,16,18,30H,11-12,15,17H2,1H3,(H,32,33,34). The Labute approximate surface area is 225 Å². The molecule has 3 aromatic heterocycles. The zero-order valence-corrected chi connectivity index (χ0v) is 21.9. The molecule has 0 amide bonds. The van der Waals surface area contributed by atoms with Gasteiger partial charge >= 0.3 is 0 Å². The fraction of sp³-hybridized carbons (Fsp3) is 0.179. The number of benzene rings is 2. The van der Waals surface area contributed by atoms with E-state index in [0.29, 0.717) is 52.7 Å². The number of sulfone groups is 1. The highest BCUT2D eigenvalue weighted by atomic mass is 32.2. The quantitative estimate of drug-likeness (QED) is 0.223. The Morgan fingerprint density at radius 3 is 2.64 bits per heavy atom. The van der Waals surface area contributed by atoms with Crippen molar-refractivity contribution in [1.29, 1.82) is 0 Å². The van der Waals surface area contributed by atoms with Crippen LogP contribution in [0.15, 0.2) is 83.7 Å². The molecule has 5 aromatic rings. The number of hydrogen-bond acceptors (Lipinski definition) is 9. The molecule has 0 bridgehead atoms. The van der Waals surface area contributed by atoms with Crippen molar-refractivity contribution in [3.63, 3.8) is 0 Å². The maximum Gasteiger partial charge on any atom is 0.167 e. The number of pyridine rings is 1. The minimum atomic E-state index is -3.03. The van der Waals surface area contributed by atoms with Crippen molar-refractivity contribution in [2.24, 2.45) is 0 Å². The van der Waals surface area contributed by atoms with Crippen molar-refractivity contribution in [3.05, 3.63) is 96.4 Å². The second-order valence-corrected chi connectivity index (χ2v) is 11.2. The van der Waals surface area contributed by atoms with Crippen LogP contribution in [0.5, 0.6) is 5.75 Å². The molecule has 0 saturated carbocycles. The van der Waals surface area contributed by atoms with Gasteiger partial charge in [0.1, 0.15) is 40.0 Å². The number of nitrogens with zero attached hydrogens (tertiary/aromatic N) is 3. The topological polar surface area (TPSA) is 119 Å². The van der Waals surface area contributed by atoms with Crippen LogP contribution >= 0.6 is 0 Å². The number of ether oxygens (including phenoxy) is 1. The Kier molecular flexibility index (Phi) is 7.80. The van der Waals surface area contributed by atoms with E-state index in [1.807, 2.05) is 30.3 Å². The van der Waals surface area contributed by atoms with E-state index in [0.717, 1.165) is 5.56 Å². The third kappa shape index (κ3) is 6.95. The molecule has 0 aliphatic rings. The second kappa shape index (κ2) is 11.6. The molecule has 0 fully saturated rings. The second-order valence-electron chi connectivity index (χ2n) is 8.93. The molecule has 0 spiro atoms. The highest BCUT2D eigenvalue weighted by Crippen LogP contribution is 2.29. The lowest BCUT2D eigenvalue weighted by Gasteiger charge is -2.11. The zero-order chi connectivity index (χ0) is 27.2. The zero-order valence-electron chi connectivity index (χ0n) is 21.1. The summed E-state index contributed by atoms with van der Waals surface area (Å²) in [5, 5.41) is 6.88. The van der Waals surface area contributed by atoms with Gasteiger partial charge in [-0.05, 0) is 35.9 Å². The van der Waals surface area contributed by atoms with Gasteiger partial charge in [0, 0.05) is 29.9 Å². The highest BCUT2D eigenvalue weighted by Gasteiger charge is 2.12. The van der Waals surface area contributed by atoms with Gasteiger partial charge < -0.3 is 19.8 Å². The fourth-order valence-electron chi connectivity index (χ4n) is 3.84. The monoisotopic (exact) mass is 547 g/mol. The Hall–Kier alpha value is -4.35. The van der Waals surface area contributed by atoms with Crippen molar-refractivity contribution >= 4 is 32.2 Å². The first-order valence-electron chi connectivity index (χ1n) is 12.2. The number of nitrogens with one attached hydrogen (secondary N) is 2. The summed E-state index contributed by atoms with van der Waals surface area (Å²) in [5.74, 6) is 1.38. The smallest absolute Gasteiger partial charge is 0.167 e. The van der Waals surface area contributed by atoms with E-state index in [2.05, 4.69) is 25.6 Å². The number of rotatable bonds is 11. The van der Waals surface area contributed by atoms with Crippen LogP contribution in [0.4, 0.5) is 15.9 Å². The molecule has 0 saturated heterocycles. The van der Waals surface area contributed by atoms with E-state index < -0.39 is 15.7 Å². The number of furan rings is 1. The minimum Gasteiger partial charge on any atom is -0.486 e. The molecule has 0 atom stereocenters. The molecule has 0 aliphatic heterocycles. The molecular weight excluding hydrogens is 521 g/mol. The Bertz CT molecular complexity index is 1690. The summed E-state index contributed by atoms with van der Waals surface area (Å²) in [5.41, 5.74) is 2.62. The number of fused-ring (bicyclic) bond motifs is 1. The van der Waals surface area contributed by atoms with Crippen LogP contribution in [0.25, 0.3) is 22.4 Å². The highest BCUT2D eigenvalue weighted by molar-refractivity contribution is 7.90. The lowest BCUT2D eigenvalue weighted by Crippen LogP contribution is -2.21. The van der Waals surface area contributed by atoms with E-state index >= 15 is 0 Å². The average Bonchev–Trinajstić information content (AvgIpc) is 3.40. The summed E-state index contributed by atoms with van der Waals surface area (Å²) in [4.78, 5) is 13.1. The summed E-state index contributed by atoms with van der Waals surface area (Å²) >= 11 is 0. The molecule has 3 heterocycles. The molecule has 0 unspecified atom stereocenters. The first kappa shape index (κ1) is 26.3. The lowest BCUT2D eigenvalue weighted by atomic mass is 10.2. The molecule has 2 N–H and O–H groups in total. The minimum absolute atomic E-state index is 0.0515. The molecule has 0 aliphatic carbocycles. The summed E-state index contributed by atoms with van der Waals surface area (Å²) < 4.78 is 48.9. The average molecular weight is 548 g/mol. The Morgan fingerprint density at radius 1 is 1.00 bits per heavy atom. The van der Waals surface area contributed by atoms with Gasteiger partial charge in [-0.2, -0.15) is 0 Å².